The van der Waals surface area contributed by atoms with Gasteiger partial charge in [0.1, 0.15) is 10.7 Å². The molecule has 0 saturated heterocycles. The van der Waals surface area contributed by atoms with Crippen molar-refractivity contribution < 1.29 is 4.79 Å². The van der Waals surface area contributed by atoms with Crippen LogP contribution in [0.15, 0.2) is 73.1 Å². The molecule has 0 atom stereocenters. The van der Waals surface area contributed by atoms with Gasteiger partial charge in [0.15, 0.2) is 0 Å². The number of rotatable bonds is 5. The third kappa shape index (κ3) is 3.75. The van der Waals surface area contributed by atoms with E-state index in [1.807, 2.05) is 55.5 Å². The van der Waals surface area contributed by atoms with Crippen molar-refractivity contribution in [3.63, 3.8) is 0 Å². The second-order valence-corrected chi connectivity index (χ2v) is 7.27. The lowest BCUT2D eigenvalue weighted by atomic mass is 10.1. The molecule has 0 aliphatic rings. The zero-order chi connectivity index (χ0) is 20.4. The van der Waals surface area contributed by atoms with Crippen LogP contribution in [0.1, 0.15) is 27.2 Å². The summed E-state index contributed by atoms with van der Waals surface area (Å²) < 4.78 is 2.05. The molecule has 0 saturated carbocycles. The van der Waals surface area contributed by atoms with Crippen LogP contribution < -0.4 is 11.1 Å². The number of aryl methyl sites for hydroxylation is 1. The molecule has 0 fully saturated rings. The minimum Gasteiger partial charge on any atom is -0.389 e. The van der Waals surface area contributed by atoms with Gasteiger partial charge in [-0.05, 0) is 36.2 Å². The maximum atomic E-state index is 13.2. The lowest BCUT2D eigenvalue weighted by Gasteiger charge is -2.13. The molecule has 2 aromatic carbocycles. The number of carbonyl (C=O) groups excluding carboxylic acids is 1. The maximum Gasteiger partial charge on any atom is 0.272 e. The van der Waals surface area contributed by atoms with E-state index in [1.54, 1.807) is 24.5 Å². The maximum absolute atomic E-state index is 13.2. The predicted octanol–water partition coefficient (Wildman–Crippen LogP) is 4.28. The highest BCUT2D eigenvalue weighted by Crippen LogP contribution is 2.27. The highest BCUT2D eigenvalue weighted by Gasteiger charge is 2.20. The van der Waals surface area contributed by atoms with Crippen LogP contribution in [0.2, 0.25) is 0 Å². The number of nitrogens with one attached hydrogen (secondary N) is 1. The molecule has 5 nitrogen and oxygen atoms in total. The quantitative estimate of drug-likeness (QED) is 0.491. The van der Waals surface area contributed by atoms with Crippen LogP contribution in [0.5, 0.6) is 0 Å². The van der Waals surface area contributed by atoms with Crippen LogP contribution in [0.3, 0.4) is 0 Å². The Morgan fingerprint density at radius 3 is 2.45 bits per heavy atom. The molecule has 1 amide bonds. The summed E-state index contributed by atoms with van der Waals surface area (Å²) in [6.45, 7) is 2.54. The number of anilines is 1. The topological polar surface area (TPSA) is 72.9 Å². The zero-order valence-electron chi connectivity index (χ0n) is 15.9. The van der Waals surface area contributed by atoms with E-state index in [9.17, 15) is 4.79 Å². The summed E-state index contributed by atoms with van der Waals surface area (Å²) in [5, 5.41) is 4.04. The number of amides is 1. The summed E-state index contributed by atoms with van der Waals surface area (Å²) in [4.78, 5) is 17.5. The lowest BCUT2D eigenvalue weighted by molar-refractivity contribution is 0.101. The Bertz CT molecular complexity index is 1200. The Morgan fingerprint density at radius 1 is 1.07 bits per heavy atom. The molecule has 29 heavy (non-hydrogen) atoms. The monoisotopic (exact) mass is 400 g/mol. The standard InChI is InChI=1S/C23H20N4OS/c1-15-19-4-2-3-5-20(19)27(14-16-6-8-17(9-7-16)22(24)29)21(15)23(28)26-18-10-12-25-13-11-18/h2-13H,14H2,1H3,(H2,24,29)(H,25,26,28). The van der Waals surface area contributed by atoms with Crippen molar-refractivity contribution in [3.05, 3.63) is 95.4 Å². The normalized spacial score (nSPS) is 10.8. The highest BCUT2D eigenvalue weighted by atomic mass is 32.1. The number of nitrogens with two attached hydrogens (primary N) is 1. The molecular weight excluding hydrogens is 380 g/mol. The van der Waals surface area contributed by atoms with Crippen LogP contribution in [0, 0.1) is 6.92 Å². The van der Waals surface area contributed by atoms with Gasteiger partial charge >= 0.3 is 0 Å². The Balaban J connectivity index is 1.76. The van der Waals surface area contributed by atoms with E-state index in [4.69, 9.17) is 18.0 Å². The van der Waals surface area contributed by atoms with Crippen LogP contribution in [-0.4, -0.2) is 20.4 Å². The molecule has 144 valence electrons. The molecule has 2 aromatic heterocycles. The minimum atomic E-state index is -0.148. The predicted molar refractivity (Wildman–Crippen MR) is 120 cm³/mol. The Hall–Kier alpha value is -3.51. The number of para-hydroxylation sites is 1. The lowest BCUT2D eigenvalue weighted by Crippen LogP contribution is -2.18. The fourth-order valence-electron chi connectivity index (χ4n) is 3.52. The van der Waals surface area contributed by atoms with Gasteiger partial charge in [-0.2, -0.15) is 0 Å². The van der Waals surface area contributed by atoms with Gasteiger partial charge in [0.05, 0.1) is 0 Å². The number of nitrogens with zero attached hydrogens (tertiary/aromatic N) is 2. The summed E-state index contributed by atoms with van der Waals surface area (Å²) in [6, 6.07) is 19.4. The molecule has 4 aromatic rings. The average molecular weight is 401 g/mol. The van der Waals surface area contributed by atoms with Gasteiger partial charge in [0.25, 0.3) is 5.91 Å². The first-order valence-electron chi connectivity index (χ1n) is 9.22. The molecule has 0 spiro atoms. The second-order valence-electron chi connectivity index (χ2n) is 6.83. The van der Waals surface area contributed by atoms with Crippen molar-refractivity contribution in [2.45, 2.75) is 13.5 Å². The molecule has 3 N–H and O–H groups in total. The molecule has 0 aliphatic carbocycles. The minimum absolute atomic E-state index is 0.148. The first-order valence-corrected chi connectivity index (χ1v) is 9.63. The van der Waals surface area contributed by atoms with Gasteiger partial charge in [-0.25, -0.2) is 0 Å². The average Bonchev–Trinajstić information content (AvgIpc) is 3.01. The number of fused-ring (bicyclic) bond motifs is 1. The van der Waals surface area contributed by atoms with E-state index in [0.717, 1.165) is 27.6 Å². The molecule has 0 unspecified atom stereocenters. The fraction of sp³-hybridized carbons (Fsp3) is 0.0870. The molecule has 4 rings (SSSR count). The molecule has 0 aliphatic heterocycles. The molecule has 2 heterocycles. The number of benzene rings is 2. The van der Waals surface area contributed by atoms with Gasteiger partial charge in [-0.3, -0.25) is 9.78 Å². The number of carbonyl (C=O) groups is 1. The number of pyridine rings is 1. The van der Waals surface area contributed by atoms with Gasteiger partial charge in [0, 0.05) is 41.1 Å². The first-order chi connectivity index (χ1) is 14.0. The van der Waals surface area contributed by atoms with Crippen LogP contribution >= 0.6 is 12.2 Å². The van der Waals surface area contributed by atoms with E-state index < -0.39 is 0 Å². The Kier molecular flexibility index (Phi) is 5.10. The van der Waals surface area contributed by atoms with Crippen molar-refractivity contribution in [3.8, 4) is 0 Å². The highest BCUT2D eigenvalue weighted by molar-refractivity contribution is 7.80. The Morgan fingerprint density at radius 2 is 1.76 bits per heavy atom. The SMILES string of the molecule is Cc1c(C(=O)Nc2ccncc2)n(Cc2ccc(C(N)=S)cc2)c2ccccc12. The number of hydrogen-bond acceptors (Lipinski definition) is 3. The third-order valence-electron chi connectivity index (χ3n) is 4.96. The molecule has 6 heteroatoms. The first kappa shape index (κ1) is 18.8. The molecule has 0 radical (unpaired) electrons. The number of aromatic nitrogens is 2. The van der Waals surface area contributed by atoms with Crippen LogP contribution in [-0.2, 0) is 6.54 Å². The third-order valence-corrected chi connectivity index (χ3v) is 5.19. The van der Waals surface area contributed by atoms with Crippen molar-refractivity contribution >= 4 is 39.7 Å². The van der Waals surface area contributed by atoms with Gasteiger partial charge in [-0.1, -0.05) is 54.7 Å². The van der Waals surface area contributed by atoms with E-state index >= 15 is 0 Å². The van der Waals surface area contributed by atoms with E-state index in [0.29, 0.717) is 22.9 Å². The number of thiocarbonyl (C=S) groups is 1. The largest absolute Gasteiger partial charge is 0.389 e. The summed E-state index contributed by atoms with van der Waals surface area (Å²) in [5.74, 6) is -0.148. The van der Waals surface area contributed by atoms with E-state index in [-0.39, 0.29) is 5.91 Å². The summed E-state index contributed by atoms with van der Waals surface area (Å²) in [5.41, 5.74) is 10.9. The van der Waals surface area contributed by atoms with Crippen molar-refractivity contribution in [2.24, 2.45) is 5.73 Å². The van der Waals surface area contributed by atoms with E-state index in [2.05, 4.69) is 14.9 Å². The number of hydrogen-bond donors (Lipinski definition) is 2. The smallest absolute Gasteiger partial charge is 0.272 e. The molecule has 0 bridgehead atoms. The van der Waals surface area contributed by atoms with Crippen molar-refractivity contribution in [1.29, 1.82) is 0 Å². The van der Waals surface area contributed by atoms with E-state index in [1.165, 1.54) is 0 Å². The zero-order valence-corrected chi connectivity index (χ0v) is 16.7. The summed E-state index contributed by atoms with van der Waals surface area (Å²) >= 11 is 5.03. The van der Waals surface area contributed by atoms with Crippen molar-refractivity contribution in [1.82, 2.24) is 9.55 Å². The fourth-order valence-corrected chi connectivity index (χ4v) is 3.65. The summed E-state index contributed by atoms with van der Waals surface area (Å²) in [7, 11) is 0. The van der Waals surface area contributed by atoms with Gasteiger partial charge in [-0.15, -0.1) is 0 Å². The van der Waals surface area contributed by atoms with Crippen molar-refractivity contribution in [2.75, 3.05) is 5.32 Å². The molecular formula is C23H20N4OS. The van der Waals surface area contributed by atoms with Gasteiger partial charge in [0.2, 0.25) is 0 Å². The summed E-state index contributed by atoms with van der Waals surface area (Å²) in [6.07, 6.45) is 3.31. The van der Waals surface area contributed by atoms with Crippen LogP contribution in [0.4, 0.5) is 5.69 Å². The van der Waals surface area contributed by atoms with Crippen LogP contribution in [0.25, 0.3) is 10.9 Å². The van der Waals surface area contributed by atoms with Gasteiger partial charge < -0.3 is 15.6 Å². The second kappa shape index (κ2) is 7.85. The Labute approximate surface area is 174 Å².